The summed E-state index contributed by atoms with van der Waals surface area (Å²) in [7, 11) is 0. The second-order valence-corrected chi connectivity index (χ2v) is 5.31. The van der Waals surface area contributed by atoms with Gasteiger partial charge in [-0.15, -0.1) is 0 Å². The van der Waals surface area contributed by atoms with Gasteiger partial charge >= 0.3 is 5.97 Å². The van der Waals surface area contributed by atoms with Crippen LogP contribution in [-0.2, 0) is 9.53 Å². The van der Waals surface area contributed by atoms with Crippen LogP contribution in [0.25, 0.3) is 0 Å². The Morgan fingerprint density at radius 3 is 2.38 bits per heavy atom. The highest BCUT2D eigenvalue weighted by molar-refractivity contribution is 5.70. The van der Waals surface area contributed by atoms with Crippen LogP contribution in [0.2, 0.25) is 0 Å². The number of ether oxygens (including phenoxy) is 2. The summed E-state index contributed by atoms with van der Waals surface area (Å²) >= 11 is 0. The maximum Gasteiger partial charge on any atom is 0.306 e. The molecular weight excluding hydrogens is 272 g/mol. The largest absolute Gasteiger partial charge is 0.490 e. The summed E-state index contributed by atoms with van der Waals surface area (Å²) in [6, 6.07) is 7.17. The van der Waals surface area contributed by atoms with E-state index in [1.54, 1.807) is 24.3 Å². The molecule has 1 unspecified atom stereocenters. The van der Waals surface area contributed by atoms with Crippen LogP contribution in [0.15, 0.2) is 24.3 Å². The Balaban J connectivity index is 1.85. The van der Waals surface area contributed by atoms with E-state index in [4.69, 9.17) is 14.6 Å². The van der Waals surface area contributed by atoms with Gasteiger partial charge in [-0.3, -0.25) is 4.79 Å². The first-order chi connectivity index (χ1) is 10.1. The summed E-state index contributed by atoms with van der Waals surface area (Å²) in [6.45, 7) is 2.28. The van der Waals surface area contributed by atoms with E-state index in [0.717, 1.165) is 18.6 Å². The molecule has 0 amide bonds. The van der Waals surface area contributed by atoms with Crippen LogP contribution in [0.5, 0.6) is 5.75 Å². The third-order valence-corrected chi connectivity index (χ3v) is 3.82. The first kappa shape index (κ1) is 15.8. The Labute approximate surface area is 124 Å². The van der Waals surface area contributed by atoms with Gasteiger partial charge in [0.15, 0.2) is 6.29 Å². The highest BCUT2D eigenvalue weighted by atomic mass is 16.6. The van der Waals surface area contributed by atoms with E-state index in [0.29, 0.717) is 25.0 Å². The van der Waals surface area contributed by atoms with Gasteiger partial charge in [-0.1, -0.05) is 12.1 Å². The van der Waals surface area contributed by atoms with Crippen LogP contribution in [0, 0.1) is 5.92 Å². The van der Waals surface area contributed by atoms with Gasteiger partial charge < -0.3 is 19.7 Å². The zero-order chi connectivity index (χ0) is 15.2. The number of carboxylic acid groups (broad SMARTS) is 1. The van der Waals surface area contributed by atoms with Crippen LogP contribution in [0.3, 0.4) is 0 Å². The molecule has 116 valence electrons. The van der Waals surface area contributed by atoms with Gasteiger partial charge in [0.1, 0.15) is 5.75 Å². The molecule has 21 heavy (non-hydrogen) atoms. The second-order valence-electron chi connectivity index (χ2n) is 5.31. The van der Waals surface area contributed by atoms with Crippen molar-refractivity contribution < 1.29 is 24.5 Å². The second kappa shape index (κ2) is 7.43. The fourth-order valence-electron chi connectivity index (χ4n) is 2.59. The van der Waals surface area contributed by atoms with Crippen molar-refractivity contribution in [2.45, 2.75) is 45.0 Å². The van der Waals surface area contributed by atoms with Crippen molar-refractivity contribution in [3.05, 3.63) is 29.8 Å². The molecule has 5 heteroatoms. The fourth-order valence-corrected chi connectivity index (χ4v) is 2.59. The molecule has 2 rings (SSSR count). The van der Waals surface area contributed by atoms with Gasteiger partial charge in [-0.2, -0.15) is 0 Å². The van der Waals surface area contributed by atoms with Gasteiger partial charge in [-0.25, -0.2) is 0 Å². The molecule has 0 aromatic heterocycles. The third kappa shape index (κ3) is 4.44. The molecule has 1 atom stereocenters. The highest BCUT2D eigenvalue weighted by Gasteiger charge is 2.26. The fraction of sp³-hybridized carbons (Fsp3) is 0.562. The summed E-state index contributed by atoms with van der Waals surface area (Å²) in [4.78, 5) is 10.9. The number of hydrogen-bond donors (Lipinski definition) is 2. The minimum absolute atomic E-state index is 0.0725. The van der Waals surface area contributed by atoms with Gasteiger partial charge in [-0.05, 0) is 44.7 Å². The lowest BCUT2D eigenvalue weighted by Gasteiger charge is -2.26. The predicted octanol–water partition coefficient (Wildman–Crippen LogP) is 2.74. The molecule has 1 aromatic carbocycles. The molecule has 1 aliphatic carbocycles. The minimum Gasteiger partial charge on any atom is -0.490 e. The molecule has 1 aliphatic rings. The molecule has 0 aliphatic heterocycles. The third-order valence-electron chi connectivity index (χ3n) is 3.82. The van der Waals surface area contributed by atoms with E-state index in [1.165, 1.54) is 0 Å². The van der Waals surface area contributed by atoms with Crippen molar-refractivity contribution in [2.75, 3.05) is 6.61 Å². The predicted molar refractivity (Wildman–Crippen MR) is 77.0 cm³/mol. The topological polar surface area (TPSA) is 76.0 Å². The molecule has 0 radical (unpaired) electrons. The van der Waals surface area contributed by atoms with E-state index in [2.05, 4.69) is 0 Å². The van der Waals surface area contributed by atoms with Gasteiger partial charge in [0.2, 0.25) is 0 Å². The summed E-state index contributed by atoms with van der Waals surface area (Å²) in [5, 5.41) is 18.7. The molecule has 0 heterocycles. The molecule has 0 bridgehead atoms. The molecule has 1 saturated carbocycles. The molecule has 1 aromatic rings. The van der Waals surface area contributed by atoms with Crippen molar-refractivity contribution in [1.29, 1.82) is 0 Å². The lowest BCUT2D eigenvalue weighted by molar-refractivity contribution is -0.143. The quantitative estimate of drug-likeness (QED) is 0.789. The number of carbonyl (C=O) groups is 1. The lowest BCUT2D eigenvalue weighted by Crippen LogP contribution is -2.27. The number of aliphatic hydroxyl groups excluding tert-OH is 1. The molecule has 2 N–H and O–H groups in total. The van der Waals surface area contributed by atoms with Crippen molar-refractivity contribution in [2.24, 2.45) is 5.92 Å². The van der Waals surface area contributed by atoms with E-state index < -0.39 is 12.3 Å². The van der Waals surface area contributed by atoms with Gasteiger partial charge in [0.25, 0.3) is 0 Å². The van der Waals surface area contributed by atoms with E-state index in [-0.39, 0.29) is 12.0 Å². The van der Waals surface area contributed by atoms with E-state index in [1.807, 2.05) is 6.92 Å². The first-order valence-corrected chi connectivity index (χ1v) is 7.39. The average Bonchev–Trinajstić information content (AvgIpc) is 2.49. The maximum atomic E-state index is 10.9. The number of hydrogen-bond acceptors (Lipinski definition) is 4. The van der Waals surface area contributed by atoms with E-state index in [9.17, 15) is 9.90 Å². The number of benzene rings is 1. The zero-order valence-electron chi connectivity index (χ0n) is 12.2. The summed E-state index contributed by atoms with van der Waals surface area (Å²) in [5.41, 5.74) is 0.693. The van der Waals surface area contributed by atoms with Crippen LogP contribution < -0.4 is 4.74 Å². The summed E-state index contributed by atoms with van der Waals surface area (Å²) in [5.74, 6) is -0.197. The van der Waals surface area contributed by atoms with Crippen molar-refractivity contribution in [1.82, 2.24) is 0 Å². The zero-order valence-corrected chi connectivity index (χ0v) is 12.2. The SMILES string of the molecule is CCOC(O)c1ccc(OC2CCC(C(=O)O)CC2)cc1. The van der Waals surface area contributed by atoms with E-state index >= 15 is 0 Å². The van der Waals surface area contributed by atoms with Crippen molar-refractivity contribution in [3.63, 3.8) is 0 Å². The Morgan fingerprint density at radius 1 is 1.24 bits per heavy atom. The Hall–Kier alpha value is -1.59. The molecular formula is C16H22O5. The normalized spacial score (nSPS) is 23.5. The number of carboxylic acids is 1. The smallest absolute Gasteiger partial charge is 0.306 e. The molecule has 0 saturated heterocycles. The van der Waals surface area contributed by atoms with Crippen LogP contribution >= 0.6 is 0 Å². The highest BCUT2D eigenvalue weighted by Crippen LogP contribution is 2.28. The maximum absolute atomic E-state index is 10.9. The number of rotatable bonds is 6. The Kier molecular flexibility index (Phi) is 5.59. The van der Waals surface area contributed by atoms with Crippen molar-refractivity contribution in [3.8, 4) is 5.75 Å². The molecule has 0 spiro atoms. The first-order valence-electron chi connectivity index (χ1n) is 7.39. The van der Waals surface area contributed by atoms with Crippen LogP contribution in [-0.4, -0.2) is 28.9 Å². The monoisotopic (exact) mass is 294 g/mol. The summed E-state index contributed by atoms with van der Waals surface area (Å²) < 4.78 is 11.0. The molecule has 5 nitrogen and oxygen atoms in total. The standard InChI is InChI=1S/C16H22O5/c1-2-20-16(19)12-5-9-14(10-6-12)21-13-7-3-11(4-8-13)15(17)18/h5-6,9-11,13,16,19H,2-4,7-8H2,1H3,(H,17,18). The van der Waals surface area contributed by atoms with Gasteiger partial charge in [0, 0.05) is 12.2 Å². The van der Waals surface area contributed by atoms with Crippen LogP contribution in [0.1, 0.15) is 44.5 Å². The number of aliphatic carboxylic acids is 1. The lowest BCUT2D eigenvalue weighted by atomic mass is 9.87. The molecule has 1 fully saturated rings. The Morgan fingerprint density at radius 2 is 1.86 bits per heavy atom. The van der Waals surface area contributed by atoms with Crippen molar-refractivity contribution >= 4 is 5.97 Å². The average molecular weight is 294 g/mol. The number of aliphatic hydroxyl groups is 1. The summed E-state index contributed by atoms with van der Waals surface area (Å²) in [6.07, 6.45) is 2.03. The van der Waals surface area contributed by atoms with Gasteiger partial charge in [0.05, 0.1) is 12.0 Å². The Bertz CT molecular complexity index is 448. The minimum atomic E-state index is -0.907. The van der Waals surface area contributed by atoms with Crippen LogP contribution in [0.4, 0.5) is 0 Å².